The summed E-state index contributed by atoms with van der Waals surface area (Å²) in [5.74, 6) is -0.281. The van der Waals surface area contributed by atoms with E-state index in [1.165, 1.54) is 64.2 Å². The van der Waals surface area contributed by atoms with Crippen molar-refractivity contribution in [2.24, 2.45) is 0 Å². The Balaban J connectivity index is 3.14. The fraction of sp³-hybridized carbons (Fsp3) is 0.895. The largest absolute Gasteiger partial charge is 0.463 e. The summed E-state index contributed by atoms with van der Waals surface area (Å²) in [6.07, 6.45) is 15.5. The van der Waals surface area contributed by atoms with Crippen molar-refractivity contribution < 1.29 is 19.7 Å². The van der Waals surface area contributed by atoms with Gasteiger partial charge in [-0.25, -0.2) is 0 Å². The average Bonchev–Trinajstić information content (AvgIpc) is 2.56. The van der Waals surface area contributed by atoms with Gasteiger partial charge in [0.2, 0.25) is 0 Å². The van der Waals surface area contributed by atoms with Gasteiger partial charge in [-0.05, 0) is 19.3 Å². The van der Waals surface area contributed by atoms with E-state index in [0.717, 1.165) is 19.3 Å². The van der Waals surface area contributed by atoms with E-state index < -0.39 is 6.10 Å². The van der Waals surface area contributed by atoms with Crippen molar-refractivity contribution in [2.45, 2.75) is 96.0 Å². The lowest BCUT2D eigenvalue weighted by molar-refractivity contribution is -0.147. The van der Waals surface area contributed by atoms with Gasteiger partial charge in [-0.15, -0.1) is 0 Å². The molecule has 0 aromatic heterocycles. The van der Waals surface area contributed by atoms with Crippen LogP contribution in [0.25, 0.3) is 0 Å². The number of esters is 1. The zero-order valence-electron chi connectivity index (χ0n) is 14.8. The van der Waals surface area contributed by atoms with Gasteiger partial charge in [0, 0.05) is 6.42 Å². The van der Waals surface area contributed by atoms with Crippen molar-refractivity contribution in [3.63, 3.8) is 0 Å². The molecule has 0 aromatic rings. The van der Waals surface area contributed by atoms with E-state index in [9.17, 15) is 4.79 Å². The molecule has 0 radical (unpaired) electrons. The summed E-state index contributed by atoms with van der Waals surface area (Å²) in [5, 5.41) is 17.7. The van der Waals surface area contributed by atoms with Gasteiger partial charge < -0.3 is 14.9 Å². The van der Waals surface area contributed by atoms with E-state index in [-0.39, 0.29) is 19.2 Å². The number of hydrogen-bond donors (Lipinski definition) is 2. The van der Waals surface area contributed by atoms with Gasteiger partial charge in [-0.1, -0.05) is 57.8 Å². The molecule has 1 unspecified atom stereocenters. The van der Waals surface area contributed by atoms with E-state index in [4.69, 9.17) is 14.9 Å². The van der Waals surface area contributed by atoms with E-state index in [0.29, 0.717) is 6.42 Å². The van der Waals surface area contributed by atoms with Crippen LogP contribution in [0.15, 0.2) is 0 Å². The van der Waals surface area contributed by atoms with E-state index >= 15 is 0 Å². The van der Waals surface area contributed by atoms with Crippen LogP contribution in [0.4, 0.5) is 0 Å². The Morgan fingerprint density at radius 3 is 1.70 bits per heavy atom. The summed E-state index contributed by atoms with van der Waals surface area (Å²) < 4.78 is 4.85. The molecule has 0 saturated carbocycles. The lowest BCUT2D eigenvalue weighted by Gasteiger charge is -2.08. The maximum Gasteiger partial charge on any atom is 0.305 e. The van der Waals surface area contributed by atoms with Crippen LogP contribution in [-0.4, -0.2) is 35.5 Å². The number of aliphatic hydroxyl groups is 2. The molecule has 0 amide bonds. The highest BCUT2D eigenvalue weighted by atomic mass is 16.5. The number of unbranched alkanes of at least 4 members (excludes halogenated alkanes) is 12. The minimum atomic E-state index is -0.956. The Bertz CT molecular complexity index is 256. The van der Waals surface area contributed by atoms with Crippen LogP contribution in [0.3, 0.4) is 0 Å². The average molecular weight is 330 g/mol. The van der Waals surface area contributed by atoms with Crippen LogP contribution < -0.4 is 0 Å². The summed E-state index contributed by atoms with van der Waals surface area (Å²) in [6.45, 7) is 3.38. The maximum absolute atomic E-state index is 11.3. The first kappa shape index (κ1) is 22.3. The SMILES string of the molecule is [CH2+]CCCCCCCCCCCCCCC(=O)OCC(O)CO. The van der Waals surface area contributed by atoms with Gasteiger partial charge in [0.05, 0.1) is 20.0 Å². The normalized spacial score (nSPS) is 12.3. The summed E-state index contributed by atoms with van der Waals surface area (Å²) >= 11 is 0. The number of aliphatic hydroxyl groups excluding tert-OH is 2. The van der Waals surface area contributed by atoms with E-state index in [1.807, 2.05) is 0 Å². The van der Waals surface area contributed by atoms with Gasteiger partial charge in [-0.2, -0.15) is 0 Å². The molecule has 0 saturated heterocycles. The Labute approximate surface area is 142 Å². The lowest BCUT2D eigenvalue weighted by atomic mass is 10.0. The van der Waals surface area contributed by atoms with Gasteiger partial charge in [0.25, 0.3) is 0 Å². The molecule has 0 fully saturated rings. The highest BCUT2D eigenvalue weighted by molar-refractivity contribution is 5.69. The molecule has 0 aliphatic rings. The molecule has 0 spiro atoms. The summed E-state index contributed by atoms with van der Waals surface area (Å²) in [4.78, 5) is 11.3. The molecule has 4 nitrogen and oxygen atoms in total. The summed E-state index contributed by atoms with van der Waals surface area (Å²) in [5.41, 5.74) is 0. The van der Waals surface area contributed by atoms with Crippen LogP contribution in [0.1, 0.15) is 89.9 Å². The van der Waals surface area contributed by atoms with Crippen LogP contribution in [0.5, 0.6) is 0 Å². The topological polar surface area (TPSA) is 66.8 Å². The first-order valence-corrected chi connectivity index (χ1v) is 9.44. The smallest absolute Gasteiger partial charge is 0.305 e. The first-order chi connectivity index (χ1) is 11.2. The second kappa shape index (κ2) is 17.6. The summed E-state index contributed by atoms with van der Waals surface area (Å²) in [6, 6.07) is 0. The molecule has 4 heteroatoms. The number of carbonyl (C=O) groups excluding carboxylic acids is 1. The minimum absolute atomic E-state index is 0.106. The predicted molar refractivity (Wildman–Crippen MR) is 94.0 cm³/mol. The Hall–Kier alpha value is -0.740. The fourth-order valence-electron chi connectivity index (χ4n) is 2.53. The standard InChI is InChI=1S/C19H37O4/c1-2-3-4-5-6-7-8-9-10-11-12-13-14-15-19(22)23-17-18(21)16-20/h18,20-21H,1-17H2/q+1. The first-order valence-electron chi connectivity index (χ1n) is 9.44. The second-order valence-corrected chi connectivity index (χ2v) is 6.37. The quantitative estimate of drug-likeness (QED) is 0.239. The summed E-state index contributed by atoms with van der Waals surface area (Å²) in [7, 11) is 0. The lowest BCUT2D eigenvalue weighted by Crippen LogP contribution is -2.21. The van der Waals surface area contributed by atoms with Crippen molar-refractivity contribution >= 4 is 5.97 Å². The van der Waals surface area contributed by atoms with Crippen molar-refractivity contribution in [1.29, 1.82) is 0 Å². The minimum Gasteiger partial charge on any atom is -0.463 e. The number of hydrogen-bond acceptors (Lipinski definition) is 4. The van der Waals surface area contributed by atoms with E-state index in [1.54, 1.807) is 0 Å². The molecule has 0 aliphatic heterocycles. The van der Waals surface area contributed by atoms with Crippen LogP contribution in [0, 0.1) is 6.92 Å². The third-order valence-electron chi connectivity index (χ3n) is 4.03. The molecule has 23 heavy (non-hydrogen) atoms. The molecular formula is C19H37O4+. The van der Waals surface area contributed by atoms with Crippen molar-refractivity contribution in [3.8, 4) is 0 Å². The van der Waals surface area contributed by atoms with Crippen molar-refractivity contribution in [3.05, 3.63) is 6.92 Å². The fourth-order valence-corrected chi connectivity index (χ4v) is 2.53. The molecule has 0 bridgehead atoms. The van der Waals surface area contributed by atoms with Crippen molar-refractivity contribution in [1.82, 2.24) is 0 Å². The molecule has 0 aromatic carbocycles. The Morgan fingerprint density at radius 2 is 1.26 bits per heavy atom. The number of ether oxygens (including phenoxy) is 1. The third kappa shape index (κ3) is 17.4. The molecule has 1 atom stereocenters. The molecule has 0 aliphatic carbocycles. The van der Waals surface area contributed by atoms with E-state index in [2.05, 4.69) is 6.92 Å². The van der Waals surface area contributed by atoms with Crippen LogP contribution in [-0.2, 0) is 9.53 Å². The highest BCUT2D eigenvalue weighted by Crippen LogP contribution is 2.13. The van der Waals surface area contributed by atoms with Crippen LogP contribution >= 0.6 is 0 Å². The zero-order valence-corrected chi connectivity index (χ0v) is 14.8. The molecule has 0 rings (SSSR count). The Kier molecular flexibility index (Phi) is 17.0. The van der Waals surface area contributed by atoms with Crippen LogP contribution in [0.2, 0.25) is 0 Å². The molecule has 136 valence electrons. The van der Waals surface area contributed by atoms with Gasteiger partial charge >= 0.3 is 5.97 Å². The molecule has 0 heterocycles. The predicted octanol–water partition coefficient (Wildman–Crippen LogP) is 4.18. The second-order valence-electron chi connectivity index (χ2n) is 6.37. The van der Waals surface area contributed by atoms with Gasteiger partial charge in [0.15, 0.2) is 0 Å². The highest BCUT2D eigenvalue weighted by Gasteiger charge is 2.07. The van der Waals surface area contributed by atoms with Crippen molar-refractivity contribution in [2.75, 3.05) is 13.2 Å². The molecular weight excluding hydrogens is 292 g/mol. The third-order valence-corrected chi connectivity index (χ3v) is 4.03. The maximum atomic E-state index is 11.3. The molecule has 2 N–H and O–H groups in total. The number of carbonyl (C=O) groups is 1. The number of rotatable bonds is 17. The van der Waals surface area contributed by atoms with Gasteiger partial charge in [-0.3, -0.25) is 4.79 Å². The van der Waals surface area contributed by atoms with Gasteiger partial charge in [0.1, 0.15) is 12.7 Å². The monoisotopic (exact) mass is 329 g/mol. The Morgan fingerprint density at radius 1 is 0.826 bits per heavy atom. The zero-order chi connectivity index (χ0) is 17.2.